The molecular weight excluding hydrogens is 409 g/mol. The molecular formula is C22H17F3N4O2. The largest absolute Gasteiger partial charge is 0.435 e. The van der Waals surface area contributed by atoms with Gasteiger partial charge in [0.2, 0.25) is 0 Å². The van der Waals surface area contributed by atoms with Gasteiger partial charge in [0.1, 0.15) is 11.2 Å². The average molecular weight is 426 g/mol. The second-order valence-electron chi connectivity index (χ2n) is 7.00. The molecule has 0 fully saturated rings. The van der Waals surface area contributed by atoms with E-state index in [1.807, 2.05) is 30.3 Å². The molecule has 2 aromatic carbocycles. The number of halogens is 3. The number of aromatic nitrogens is 3. The summed E-state index contributed by atoms with van der Waals surface area (Å²) in [5, 5.41) is 3.52. The van der Waals surface area contributed by atoms with Gasteiger partial charge in [-0.1, -0.05) is 60.7 Å². The number of hydrogen-bond donors (Lipinski definition) is 1. The maximum atomic E-state index is 13.7. The van der Waals surface area contributed by atoms with Gasteiger partial charge < -0.3 is 9.88 Å². The van der Waals surface area contributed by atoms with Crippen LogP contribution in [-0.4, -0.2) is 32.5 Å². The minimum atomic E-state index is -4.79. The van der Waals surface area contributed by atoms with Crippen LogP contribution in [0.3, 0.4) is 0 Å². The van der Waals surface area contributed by atoms with E-state index >= 15 is 0 Å². The highest BCUT2D eigenvalue weighted by Crippen LogP contribution is 2.37. The highest BCUT2D eigenvalue weighted by atomic mass is 19.4. The second kappa shape index (κ2) is 7.75. The zero-order valence-corrected chi connectivity index (χ0v) is 16.3. The van der Waals surface area contributed by atoms with Gasteiger partial charge in [-0.2, -0.15) is 22.8 Å². The van der Waals surface area contributed by atoms with Crippen molar-refractivity contribution in [2.24, 2.45) is 0 Å². The van der Waals surface area contributed by atoms with Gasteiger partial charge in [-0.05, 0) is 11.1 Å². The Balaban J connectivity index is 1.81. The fourth-order valence-electron chi connectivity index (χ4n) is 3.38. The number of nitrogens with one attached hydrogen (secondary N) is 1. The summed E-state index contributed by atoms with van der Waals surface area (Å²) in [6.07, 6.45) is -3.65. The predicted molar refractivity (Wildman–Crippen MR) is 108 cm³/mol. The van der Waals surface area contributed by atoms with Crippen molar-refractivity contribution in [2.75, 3.05) is 7.05 Å². The number of carbonyl (C=O) groups is 1. The van der Waals surface area contributed by atoms with Gasteiger partial charge in [0.05, 0.1) is 5.56 Å². The Bertz CT molecular complexity index is 1300. The van der Waals surface area contributed by atoms with E-state index in [9.17, 15) is 22.8 Å². The summed E-state index contributed by atoms with van der Waals surface area (Å²) in [5.74, 6) is -0.627. The highest BCUT2D eigenvalue weighted by molar-refractivity contribution is 5.94. The van der Waals surface area contributed by atoms with Crippen LogP contribution in [0.4, 0.5) is 13.2 Å². The Morgan fingerprint density at radius 3 is 2.29 bits per heavy atom. The van der Waals surface area contributed by atoms with Crippen molar-refractivity contribution in [1.82, 2.24) is 19.5 Å². The Morgan fingerprint density at radius 2 is 1.68 bits per heavy atom. The third kappa shape index (κ3) is 3.81. The molecule has 0 bridgehead atoms. The van der Waals surface area contributed by atoms with Crippen LogP contribution in [-0.2, 0) is 12.7 Å². The Hall–Kier alpha value is -3.88. The summed E-state index contributed by atoms with van der Waals surface area (Å²) in [5.41, 5.74) is -1.71. The number of nitrogens with zero attached hydrogens (tertiary/aromatic N) is 3. The van der Waals surface area contributed by atoms with E-state index in [1.165, 1.54) is 24.1 Å². The normalized spacial score (nSPS) is 11.6. The first-order chi connectivity index (χ1) is 14.8. The van der Waals surface area contributed by atoms with Crippen LogP contribution in [0.15, 0.2) is 71.7 Å². The van der Waals surface area contributed by atoms with E-state index in [4.69, 9.17) is 0 Å². The highest BCUT2D eigenvalue weighted by Gasteiger charge is 2.39. The van der Waals surface area contributed by atoms with Crippen LogP contribution in [0, 0.1) is 0 Å². The molecule has 0 aliphatic carbocycles. The van der Waals surface area contributed by atoms with Crippen LogP contribution in [0.5, 0.6) is 0 Å². The zero-order valence-electron chi connectivity index (χ0n) is 16.3. The second-order valence-corrected chi connectivity index (χ2v) is 7.00. The summed E-state index contributed by atoms with van der Waals surface area (Å²) in [7, 11) is 1.51. The topological polar surface area (TPSA) is 70.5 Å². The van der Waals surface area contributed by atoms with Gasteiger partial charge in [-0.15, -0.1) is 0 Å². The third-order valence-corrected chi connectivity index (χ3v) is 4.83. The number of benzene rings is 2. The molecule has 4 rings (SSSR count). The monoisotopic (exact) mass is 426 g/mol. The molecule has 0 spiro atoms. The molecule has 2 aromatic heterocycles. The van der Waals surface area contributed by atoms with E-state index in [-0.39, 0.29) is 28.9 Å². The smallest absolute Gasteiger partial charge is 0.345 e. The molecule has 4 aromatic rings. The Morgan fingerprint density at radius 1 is 1.06 bits per heavy atom. The SMILES string of the molecule is CN(Cc1ccccc1)C(=O)c1c[nH]c2c(-c3ccccc3)c(C(F)(F)F)nn2c1=O. The lowest BCUT2D eigenvalue weighted by Gasteiger charge is -2.17. The molecule has 0 aliphatic heterocycles. The van der Waals surface area contributed by atoms with Crippen LogP contribution < -0.4 is 5.56 Å². The van der Waals surface area contributed by atoms with Gasteiger partial charge in [-0.3, -0.25) is 9.59 Å². The number of carbonyl (C=O) groups excluding carboxylic acids is 1. The molecule has 6 nitrogen and oxygen atoms in total. The van der Waals surface area contributed by atoms with Crippen LogP contribution in [0.2, 0.25) is 0 Å². The van der Waals surface area contributed by atoms with Crippen molar-refractivity contribution in [3.63, 3.8) is 0 Å². The molecule has 9 heteroatoms. The summed E-state index contributed by atoms with van der Waals surface area (Å²) < 4.78 is 41.6. The standard InChI is InChI=1S/C22H17F3N4O2/c1-28(13-14-8-4-2-5-9-14)20(30)16-12-26-19-17(15-10-6-3-7-11-15)18(22(23,24)25)27-29(19)21(16)31/h2-12,26H,13H2,1H3. The molecule has 2 heterocycles. The zero-order chi connectivity index (χ0) is 22.2. The Labute approximate surface area is 174 Å². The van der Waals surface area contributed by atoms with E-state index in [0.29, 0.717) is 4.52 Å². The van der Waals surface area contributed by atoms with Gasteiger partial charge in [0.25, 0.3) is 11.5 Å². The van der Waals surface area contributed by atoms with Gasteiger partial charge in [-0.25, -0.2) is 0 Å². The molecule has 0 radical (unpaired) electrons. The van der Waals surface area contributed by atoms with Crippen molar-refractivity contribution < 1.29 is 18.0 Å². The lowest BCUT2D eigenvalue weighted by molar-refractivity contribution is -0.140. The molecule has 31 heavy (non-hydrogen) atoms. The minimum Gasteiger partial charge on any atom is -0.345 e. The summed E-state index contributed by atoms with van der Waals surface area (Å²) in [4.78, 5) is 29.7. The average Bonchev–Trinajstić information content (AvgIpc) is 3.16. The van der Waals surface area contributed by atoms with Gasteiger partial charge in [0, 0.05) is 19.8 Å². The number of hydrogen-bond acceptors (Lipinski definition) is 3. The number of aromatic amines is 1. The lowest BCUT2D eigenvalue weighted by atomic mass is 10.1. The molecule has 0 unspecified atom stereocenters. The number of alkyl halides is 3. The van der Waals surface area contributed by atoms with Crippen molar-refractivity contribution in [3.05, 3.63) is 94.0 Å². The fourth-order valence-corrected chi connectivity index (χ4v) is 3.38. The summed E-state index contributed by atoms with van der Waals surface area (Å²) in [6.45, 7) is 0.235. The van der Waals surface area contributed by atoms with E-state index in [2.05, 4.69) is 10.1 Å². The fraction of sp³-hybridized carbons (Fsp3) is 0.136. The molecule has 158 valence electrons. The number of fused-ring (bicyclic) bond motifs is 1. The van der Waals surface area contributed by atoms with Crippen LogP contribution >= 0.6 is 0 Å². The first-order valence-electron chi connectivity index (χ1n) is 9.34. The Kier molecular flexibility index (Phi) is 5.10. The van der Waals surface area contributed by atoms with E-state index < -0.39 is 23.3 Å². The first kappa shape index (κ1) is 20.4. The maximum absolute atomic E-state index is 13.7. The predicted octanol–water partition coefficient (Wildman–Crippen LogP) is 3.98. The van der Waals surface area contributed by atoms with Crippen molar-refractivity contribution in [2.45, 2.75) is 12.7 Å². The minimum absolute atomic E-state index is 0.134. The van der Waals surface area contributed by atoms with Crippen molar-refractivity contribution in [3.8, 4) is 11.1 Å². The molecule has 0 aliphatic rings. The molecule has 0 saturated carbocycles. The summed E-state index contributed by atoms with van der Waals surface area (Å²) >= 11 is 0. The van der Waals surface area contributed by atoms with Crippen LogP contribution in [0.1, 0.15) is 21.6 Å². The van der Waals surface area contributed by atoms with Crippen molar-refractivity contribution >= 4 is 11.6 Å². The molecule has 0 atom stereocenters. The van der Waals surface area contributed by atoms with E-state index in [0.717, 1.165) is 11.8 Å². The molecule has 1 N–H and O–H groups in total. The maximum Gasteiger partial charge on any atom is 0.435 e. The van der Waals surface area contributed by atoms with Gasteiger partial charge >= 0.3 is 6.18 Å². The number of rotatable bonds is 4. The number of H-pyrrole nitrogens is 1. The van der Waals surface area contributed by atoms with Gasteiger partial charge in [0.15, 0.2) is 5.69 Å². The quantitative estimate of drug-likeness (QED) is 0.537. The molecule has 0 saturated heterocycles. The molecule has 1 amide bonds. The third-order valence-electron chi connectivity index (χ3n) is 4.83. The van der Waals surface area contributed by atoms with Crippen molar-refractivity contribution in [1.29, 1.82) is 0 Å². The number of amides is 1. The lowest BCUT2D eigenvalue weighted by Crippen LogP contribution is -2.33. The first-order valence-corrected chi connectivity index (χ1v) is 9.34. The summed E-state index contributed by atoms with van der Waals surface area (Å²) in [6, 6.07) is 17.0. The van der Waals surface area contributed by atoms with Crippen LogP contribution in [0.25, 0.3) is 16.8 Å². The van der Waals surface area contributed by atoms with E-state index in [1.54, 1.807) is 18.2 Å².